The fourth-order valence-corrected chi connectivity index (χ4v) is 3.51. The number of aromatic nitrogens is 3. The van der Waals surface area contributed by atoms with Crippen LogP contribution in [0.3, 0.4) is 0 Å². The highest BCUT2D eigenvalue weighted by Crippen LogP contribution is 2.23. The number of amides is 1. The molecule has 1 saturated carbocycles. The highest BCUT2D eigenvalue weighted by atomic mass is 35.5. The highest BCUT2D eigenvalue weighted by molar-refractivity contribution is 6.31. The van der Waals surface area contributed by atoms with E-state index >= 15 is 0 Å². The third-order valence-electron chi connectivity index (χ3n) is 4.68. The van der Waals surface area contributed by atoms with E-state index in [1.54, 1.807) is 23.1 Å². The summed E-state index contributed by atoms with van der Waals surface area (Å²) in [6.07, 6.45) is 12.0. The van der Waals surface area contributed by atoms with E-state index in [0.29, 0.717) is 23.3 Å². The first-order chi connectivity index (χ1) is 12.2. The largest absolute Gasteiger partial charge is 0.336 e. The van der Waals surface area contributed by atoms with E-state index in [4.69, 9.17) is 11.6 Å². The van der Waals surface area contributed by atoms with Gasteiger partial charge in [-0.3, -0.25) is 4.79 Å². The molecule has 25 heavy (non-hydrogen) atoms. The smallest absolute Gasteiger partial charge is 0.279 e. The molecule has 2 aromatic rings. The number of rotatable bonds is 5. The van der Waals surface area contributed by atoms with Crippen molar-refractivity contribution in [1.82, 2.24) is 14.8 Å². The number of anilines is 1. The first-order valence-electron chi connectivity index (χ1n) is 9.00. The lowest BCUT2D eigenvalue weighted by Gasteiger charge is -2.18. The average molecular weight is 363 g/mol. The molecule has 1 amide bonds. The Kier molecular flexibility index (Phi) is 6.42. The van der Waals surface area contributed by atoms with Crippen molar-refractivity contribution >= 4 is 23.2 Å². The maximum Gasteiger partial charge on any atom is 0.279 e. The molecule has 0 spiro atoms. The Morgan fingerprint density at radius 1 is 1.24 bits per heavy atom. The van der Waals surface area contributed by atoms with Crippen LogP contribution in [-0.4, -0.2) is 33.3 Å². The molecule has 0 aliphatic heterocycles. The summed E-state index contributed by atoms with van der Waals surface area (Å²) >= 11 is 6.09. The molecule has 1 aromatic carbocycles. The maximum absolute atomic E-state index is 12.4. The number of carbonyl (C=O) groups excluding carboxylic acids is 1. The fourth-order valence-electron chi connectivity index (χ4n) is 3.34. The van der Waals surface area contributed by atoms with Crippen LogP contribution in [0.5, 0.6) is 0 Å². The molecule has 1 heterocycles. The van der Waals surface area contributed by atoms with Crippen molar-refractivity contribution in [3.8, 4) is 5.69 Å². The molecule has 134 valence electrons. The third kappa shape index (κ3) is 5.28. The molecule has 0 atom stereocenters. The van der Waals surface area contributed by atoms with Crippen LogP contribution in [0.4, 0.5) is 5.69 Å². The Labute approximate surface area is 153 Å². The first kappa shape index (κ1) is 17.9. The lowest BCUT2D eigenvalue weighted by molar-refractivity contribution is -0.680. The van der Waals surface area contributed by atoms with Crippen LogP contribution in [0.1, 0.15) is 44.9 Å². The molecule has 1 aromatic heterocycles. The molecule has 3 N–H and O–H groups in total. The molecule has 0 saturated heterocycles. The molecule has 1 aliphatic carbocycles. The lowest BCUT2D eigenvalue weighted by Crippen LogP contribution is -2.91. The van der Waals surface area contributed by atoms with Gasteiger partial charge in [0.25, 0.3) is 5.91 Å². The van der Waals surface area contributed by atoms with E-state index < -0.39 is 0 Å². The minimum absolute atomic E-state index is 0.0225. The van der Waals surface area contributed by atoms with Gasteiger partial charge in [-0.15, -0.1) is 0 Å². The predicted octanol–water partition coefficient (Wildman–Crippen LogP) is 2.54. The van der Waals surface area contributed by atoms with Crippen LogP contribution in [0.25, 0.3) is 5.69 Å². The highest BCUT2D eigenvalue weighted by Gasteiger charge is 2.17. The van der Waals surface area contributed by atoms with Crippen LogP contribution >= 0.6 is 11.6 Å². The fraction of sp³-hybridized carbons (Fsp3) is 0.500. The van der Waals surface area contributed by atoms with Gasteiger partial charge in [-0.1, -0.05) is 30.9 Å². The Morgan fingerprint density at radius 3 is 2.72 bits per heavy atom. The van der Waals surface area contributed by atoms with E-state index in [-0.39, 0.29) is 5.91 Å². The van der Waals surface area contributed by atoms with Crippen LogP contribution < -0.4 is 10.6 Å². The second-order valence-electron chi connectivity index (χ2n) is 6.59. The van der Waals surface area contributed by atoms with Gasteiger partial charge >= 0.3 is 0 Å². The third-order valence-corrected chi connectivity index (χ3v) is 4.92. The minimum atomic E-state index is -0.0225. The molecule has 1 fully saturated rings. The number of carbonyl (C=O) groups is 1. The molecule has 7 heteroatoms. The number of nitrogens with one attached hydrogen (secondary N) is 1. The van der Waals surface area contributed by atoms with E-state index in [9.17, 15) is 4.79 Å². The molecule has 1 aliphatic rings. The van der Waals surface area contributed by atoms with Crippen molar-refractivity contribution in [2.75, 3.05) is 11.9 Å². The van der Waals surface area contributed by atoms with E-state index in [2.05, 4.69) is 20.7 Å². The van der Waals surface area contributed by atoms with Gasteiger partial charge in [-0.2, -0.15) is 5.10 Å². The summed E-state index contributed by atoms with van der Waals surface area (Å²) in [5, 5.41) is 9.84. The van der Waals surface area contributed by atoms with Gasteiger partial charge in [0.2, 0.25) is 0 Å². The van der Waals surface area contributed by atoms with Gasteiger partial charge in [0.15, 0.2) is 6.54 Å². The molecular formula is C18H25ClN5O+. The van der Waals surface area contributed by atoms with Gasteiger partial charge in [-0.05, 0) is 43.9 Å². The van der Waals surface area contributed by atoms with Gasteiger partial charge in [0.05, 0.1) is 17.4 Å². The Hall–Kier alpha value is -1.92. The Morgan fingerprint density at radius 2 is 2.00 bits per heavy atom. The van der Waals surface area contributed by atoms with Crippen LogP contribution in [0.2, 0.25) is 5.02 Å². The number of halogens is 1. The molecule has 3 rings (SSSR count). The monoisotopic (exact) mass is 362 g/mol. The summed E-state index contributed by atoms with van der Waals surface area (Å²) in [5.41, 5.74) is 1.40. The summed E-state index contributed by atoms with van der Waals surface area (Å²) in [6, 6.07) is 5.90. The molecule has 0 radical (unpaired) electrons. The van der Waals surface area contributed by atoms with Crippen molar-refractivity contribution in [2.45, 2.75) is 51.0 Å². The number of benzene rings is 1. The second kappa shape index (κ2) is 8.97. The van der Waals surface area contributed by atoms with Crippen LogP contribution in [-0.2, 0) is 4.79 Å². The first-order valence-corrected chi connectivity index (χ1v) is 9.38. The lowest BCUT2D eigenvalue weighted by atomic mass is 9.97. The second-order valence-corrected chi connectivity index (χ2v) is 7.03. The minimum Gasteiger partial charge on any atom is -0.336 e. The quantitative estimate of drug-likeness (QED) is 0.858. The van der Waals surface area contributed by atoms with Gasteiger partial charge in [-0.25, -0.2) is 9.67 Å². The van der Waals surface area contributed by atoms with E-state index in [0.717, 1.165) is 5.69 Å². The SMILES string of the molecule is O=C(C[NH2+]C1CCCCCCC1)Nc1cc(Cl)ccc1-n1cncn1. The summed E-state index contributed by atoms with van der Waals surface area (Å²) in [4.78, 5) is 16.4. The summed E-state index contributed by atoms with van der Waals surface area (Å²) < 4.78 is 1.62. The number of nitrogens with two attached hydrogens (primary N) is 1. The van der Waals surface area contributed by atoms with Gasteiger partial charge in [0, 0.05) is 5.02 Å². The van der Waals surface area contributed by atoms with Crippen molar-refractivity contribution < 1.29 is 10.1 Å². The zero-order valence-electron chi connectivity index (χ0n) is 14.3. The average Bonchev–Trinajstić information content (AvgIpc) is 3.08. The van der Waals surface area contributed by atoms with Crippen molar-refractivity contribution in [2.24, 2.45) is 0 Å². The molecule has 0 bridgehead atoms. The van der Waals surface area contributed by atoms with Crippen LogP contribution in [0.15, 0.2) is 30.9 Å². The molecule has 6 nitrogen and oxygen atoms in total. The van der Waals surface area contributed by atoms with Gasteiger partial charge in [0.1, 0.15) is 12.7 Å². The Bertz CT molecular complexity index is 681. The van der Waals surface area contributed by atoms with Crippen molar-refractivity contribution in [3.05, 3.63) is 35.9 Å². The number of hydrogen-bond donors (Lipinski definition) is 2. The number of quaternary nitrogens is 1. The maximum atomic E-state index is 12.4. The van der Waals surface area contributed by atoms with Crippen LogP contribution in [0, 0.1) is 0 Å². The van der Waals surface area contributed by atoms with Gasteiger partial charge < -0.3 is 10.6 Å². The van der Waals surface area contributed by atoms with Crippen molar-refractivity contribution in [1.29, 1.82) is 0 Å². The summed E-state index contributed by atoms with van der Waals surface area (Å²) in [5.74, 6) is -0.0225. The molecular weight excluding hydrogens is 338 g/mol. The predicted molar refractivity (Wildman–Crippen MR) is 97.9 cm³/mol. The standard InChI is InChI=1S/C18H24ClN5O/c19-14-8-9-17(24-13-20-12-22-24)16(10-14)23-18(25)11-21-15-6-4-2-1-3-5-7-15/h8-10,12-13,15,21H,1-7,11H2,(H,23,25)/p+1. The Balaban J connectivity index is 1.60. The van der Waals surface area contributed by atoms with E-state index in [1.807, 2.05) is 6.07 Å². The zero-order chi connectivity index (χ0) is 17.5. The van der Waals surface area contributed by atoms with Crippen molar-refractivity contribution in [3.63, 3.8) is 0 Å². The van der Waals surface area contributed by atoms with E-state index in [1.165, 1.54) is 51.3 Å². The summed E-state index contributed by atoms with van der Waals surface area (Å²) in [7, 11) is 0. The molecule has 0 unspecified atom stereocenters. The number of nitrogens with zero attached hydrogens (tertiary/aromatic N) is 3. The topological polar surface area (TPSA) is 76.4 Å². The zero-order valence-corrected chi connectivity index (χ0v) is 15.1. The summed E-state index contributed by atoms with van der Waals surface area (Å²) in [6.45, 7) is 0.425. The normalized spacial score (nSPS) is 16.2. The number of hydrogen-bond acceptors (Lipinski definition) is 3.